The highest BCUT2D eigenvalue weighted by molar-refractivity contribution is 5.97. The van der Waals surface area contributed by atoms with Crippen molar-refractivity contribution in [1.29, 1.82) is 0 Å². The fraction of sp³-hybridized carbons (Fsp3) is 0.409. The van der Waals surface area contributed by atoms with Crippen LogP contribution in [0.2, 0.25) is 0 Å². The van der Waals surface area contributed by atoms with Gasteiger partial charge in [0.1, 0.15) is 0 Å². The Morgan fingerprint density at radius 1 is 0.962 bits per heavy atom. The van der Waals surface area contributed by atoms with Crippen molar-refractivity contribution in [3.8, 4) is 0 Å². The Labute approximate surface area is 155 Å². The number of nitrogens with zero attached hydrogens (tertiary/aromatic N) is 2. The maximum atomic E-state index is 12.8. The second kappa shape index (κ2) is 7.50. The first-order valence-corrected chi connectivity index (χ1v) is 9.63. The summed E-state index contributed by atoms with van der Waals surface area (Å²) in [5, 5.41) is 3.13. The van der Waals surface area contributed by atoms with Gasteiger partial charge >= 0.3 is 0 Å². The molecule has 2 aliphatic rings. The largest absolute Gasteiger partial charge is 0.388 e. The molecular formula is C22H27N3O. The molecule has 0 bridgehead atoms. The molecule has 0 unspecified atom stereocenters. The molecule has 4 heteroatoms. The minimum Gasteiger partial charge on any atom is -0.388 e. The first-order valence-electron chi connectivity index (χ1n) is 9.63. The van der Waals surface area contributed by atoms with Crippen molar-refractivity contribution < 1.29 is 4.79 Å². The number of rotatable bonds is 5. The Morgan fingerprint density at radius 2 is 1.77 bits per heavy atom. The lowest BCUT2D eigenvalue weighted by molar-refractivity contribution is 0.0730. The summed E-state index contributed by atoms with van der Waals surface area (Å²) in [6.07, 6.45) is 3.14. The highest BCUT2D eigenvalue weighted by atomic mass is 16.2. The summed E-state index contributed by atoms with van der Waals surface area (Å²) >= 11 is 0. The van der Waals surface area contributed by atoms with Crippen molar-refractivity contribution in [2.45, 2.75) is 25.8 Å². The Balaban J connectivity index is 1.32. The van der Waals surface area contributed by atoms with E-state index >= 15 is 0 Å². The number of nitrogens with one attached hydrogen (secondary N) is 1. The lowest BCUT2D eigenvalue weighted by atomic mass is 9.98. The van der Waals surface area contributed by atoms with Crippen LogP contribution in [0.4, 0.5) is 5.69 Å². The van der Waals surface area contributed by atoms with Gasteiger partial charge in [-0.2, -0.15) is 0 Å². The smallest absolute Gasteiger partial charge is 0.254 e. The molecule has 136 valence electrons. The minimum absolute atomic E-state index is 0.187. The molecule has 0 aliphatic carbocycles. The van der Waals surface area contributed by atoms with Crippen LogP contribution in [0.1, 0.15) is 33.5 Å². The fourth-order valence-corrected chi connectivity index (χ4v) is 4.12. The zero-order valence-corrected chi connectivity index (χ0v) is 15.5. The van der Waals surface area contributed by atoms with E-state index in [1.807, 2.05) is 18.0 Å². The summed E-state index contributed by atoms with van der Waals surface area (Å²) in [7, 11) is 1.89. The maximum absolute atomic E-state index is 12.8. The number of carbonyl (C=O) groups is 1. The third kappa shape index (κ3) is 3.47. The van der Waals surface area contributed by atoms with Crippen molar-refractivity contribution in [3.05, 3.63) is 64.7 Å². The summed E-state index contributed by atoms with van der Waals surface area (Å²) in [5.41, 5.74) is 6.01. The Bertz CT molecular complexity index is 802. The van der Waals surface area contributed by atoms with E-state index in [2.05, 4.69) is 46.6 Å². The summed E-state index contributed by atoms with van der Waals surface area (Å²) < 4.78 is 0. The van der Waals surface area contributed by atoms with Crippen LogP contribution in [0.25, 0.3) is 0 Å². The van der Waals surface area contributed by atoms with Crippen LogP contribution in [0.15, 0.2) is 42.5 Å². The molecule has 2 aromatic carbocycles. The number of fused-ring (bicyclic) bond motifs is 2. The molecule has 26 heavy (non-hydrogen) atoms. The SMILES string of the molecule is CNc1ccc2c(c1)C(=O)N(CCCN1CCc3ccccc3C1)CC2. The second-order valence-electron chi connectivity index (χ2n) is 7.31. The summed E-state index contributed by atoms with van der Waals surface area (Å²) in [6.45, 7) is 4.91. The van der Waals surface area contributed by atoms with Crippen molar-refractivity contribution in [2.24, 2.45) is 0 Å². The molecule has 0 fully saturated rings. The minimum atomic E-state index is 0.187. The van der Waals surface area contributed by atoms with Crippen LogP contribution >= 0.6 is 0 Å². The first kappa shape index (κ1) is 17.1. The topological polar surface area (TPSA) is 35.6 Å². The molecule has 0 spiro atoms. The molecule has 0 radical (unpaired) electrons. The standard InChI is InChI=1S/C22H27N3O/c1-23-20-8-7-18-10-14-25(22(26)21(18)15-20)12-4-11-24-13-9-17-5-2-3-6-19(17)16-24/h2-3,5-8,15,23H,4,9-14,16H2,1H3. The lowest BCUT2D eigenvalue weighted by Crippen LogP contribution is -2.40. The Kier molecular flexibility index (Phi) is 4.93. The molecular weight excluding hydrogens is 322 g/mol. The average molecular weight is 349 g/mol. The summed E-state index contributed by atoms with van der Waals surface area (Å²) in [6, 6.07) is 14.9. The van der Waals surface area contributed by atoms with Crippen LogP contribution in [-0.4, -0.2) is 48.9 Å². The van der Waals surface area contributed by atoms with Gasteiger partial charge in [-0.05, 0) is 48.1 Å². The van der Waals surface area contributed by atoms with Gasteiger partial charge in [0.25, 0.3) is 5.91 Å². The average Bonchev–Trinajstić information content (AvgIpc) is 2.69. The monoisotopic (exact) mass is 349 g/mol. The van der Waals surface area contributed by atoms with Gasteiger partial charge in [0.05, 0.1) is 0 Å². The second-order valence-corrected chi connectivity index (χ2v) is 7.31. The van der Waals surface area contributed by atoms with E-state index in [0.717, 1.165) is 63.2 Å². The number of carbonyl (C=O) groups excluding carboxylic acids is 1. The zero-order chi connectivity index (χ0) is 17.9. The van der Waals surface area contributed by atoms with Gasteiger partial charge in [0, 0.05) is 51.0 Å². The number of anilines is 1. The van der Waals surface area contributed by atoms with Crippen molar-refractivity contribution in [3.63, 3.8) is 0 Å². The number of benzene rings is 2. The molecule has 4 rings (SSSR count). The molecule has 1 amide bonds. The predicted molar refractivity (Wildman–Crippen MR) is 106 cm³/mol. The summed E-state index contributed by atoms with van der Waals surface area (Å²) in [4.78, 5) is 17.4. The van der Waals surface area contributed by atoms with Crippen LogP contribution < -0.4 is 5.32 Å². The number of hydrogen-bond acceptors (Lipinski definition) is 3. The molecule has 0 aromatic heterocycles. The maximum Gasteiger partial charge on any atom is 0.254 e. The Hall–Kier alpha value is -2.33. The van der Waals surface area contributed by atoms with Crippen LogP contribution in [-0.2, 0) is 19.4 Å². The molecule has 2 aromatic rings. The summed E-state index contributed by atoms with van der Waals surface area (Å²) in [5.74, 6) is 0.187. The van der Waals surface area contributed by atoms with E-state index in [4.69, 9.17) is 0 Å². The Morgan fingerprint density at radius 3 is 2.62 bits per heavy atom. The van der Waals surface area contributed by atoms with Crippen LogP contribution in [0, 0.1) is 0 Å². The molecule has 0 saturated heterocycles. The van der Waals surface area contributed by atoms with Crippen LogP contribution in [0.5, 0.6) is 0 Å². The van der Waals surface area contributed by atoms with Gasteiger partial charge in [0.15, 0.2) is 0 Å². The molecule has 2 heterocycles. The quantitative estimate of drug-likeness (QED) is 0.901. The molecule has 0 atom stereocenters. The molecule has 2 aliphatic heterocycles. The molecule has 0 saturated carbocycles. The van der Waals surface area contributed by atoms with E-state index in [1.54, 1.807) is 0 Å². The van der Waals surface area contributed by atoms with Crippen molar-refractivity contribution >= 4 is 11.6 Å². The van der Waals surface area contributed by atoms with E-state index in [0.29, 0.717) is 0 Å². The zero-order valence-electron chi connectivity index (χ0n) is 15.5. The van der Waals surface area contributed by atoms with Gasteiger partial charge in [0.2, 0.25) is 0 Å². The van der Waals surface area contributed by atoms with E-state index in [-0.39, 0.29) is 5.91 Å². The van der Waals surface area contributed by atoms with Crippen molar-refractivity contribution in [1.82, 2.24) is 9.80 Å². The molecule has 1 N–H and O–H groups in total. The normalized spacial score (nSPS) is 17.0. The van der Waals surface area contributed by atoms with E-state index in [9.17, 15) is 4.79 Å². The fourth-order valence-electron chi connectivity index (χ4n) is 4.12. The predicted octanol–water partition coefficient (Wildman–Crippen LogP) is 3.18. The first-order chi connectivity index (χ1) is 12.7. The highest BCUT2D eigenvalue weighted by Crippen LogP contribution is 2.23. The van der Waals surface area contributed by atoms with E-state index < -0.39 is 0 Å². The van der Waals surface area contributed by atoms with Gasteiger partial charge in [-0.25, -0.2) is 0 Å². The lowest BCUT2D eigenvalue weighted by Gasteiger charge is -2.31. The molecule has 4 nitrogen and oxygen atoms in total. The third-order valence-electron chi connectivity index (χ3n) is 5.68. The van der Waals surface area contributed by atoms with Crippen LogP contribution in [0.3, 0.4) is 0 Å². The van der Waals surface area contributed by atoms with E-state index in [1.165, 1.54) is 16.7 Å². The van der Waals surface area contributed by atoms with Gasteiger partial charge in [-0.1, -0.05) is 30.3 Å². The van der Waals surface area contributed by atoms with Gasteiger partial charge in [-0.3, -0.25) is 9.69 Å². The number of hydrogen-bond donors (Lipinski definition) is 1. The number of amides is 1. The third-order valence-corrected chi connectivity index (χ3v) is 5.68. The van der Waals surface area contributed by atoms with Gasteiger partial charge in [-0.15, -0.1) is 0 Å². The van der Waals surface area contributed by atoms with Gasteiger partial charge < -0.3 is 10.2 Å². The highest BCUT2D eigenvalue weighted by Gasteiger charge is 2.24. The van der Waals surface area contributed by atoms with Crippen molar-refractivity contribution in [2.75, 3.05) is 38.5 Å².